The van der Waals surface area contributed by atoms with E-state index in [4.69, 9.17) is 5.73 Å². The van der Waals surface area contributed by atoms with E-state index in [1.807, 2.05) is 4.90 Å². The molecule has 1 atom stereocenters. The normalized spacial score (nSPS) is 20.7. The van der Waals surface area contributed by atoms with Gasteiger partial charge in [-0.3, -0.25) is 4.79 Å². The topological polar surface area (TPSA) is 72.1 Å². The van der Waals surface area contributed by atoms with Gasteiger partial charge < -0.3 is 10.6 Å². The van der Waals surface area contributed by atoms with Crippen molar-refractivity contribution in [2.75, 3.05) is 12.3 Å². The van der Waals surface area contributed by atoms with E-state index in [9.17, 15) is 9.18 Å². The van der Waals surface area contributed by atoms with E-state index in [1.165, 1.54) is 12.1 Å². The molecule has 2 aromatic rings. The number of rotatable bonds is 3. The molecule has 0 radical (unpaired) electrons. The molecule has 1 amide bonds. The Morgan fingerprint density at radius 1 is 1.12 bits per heavy atom. The summed E-state index contributed by atoms with van der Waals surface area (Å²) < 4.78 is 13.3. The maximum atomic E-state index is 13.3. The molecule has 1 aliphatic heterocycles. The number of benzene rings is 1. The summed E-state index contributed by atoms with van der Waals surface area (Å²) >= 11 is 0. The van der Waals surface area contributed by atoms with Gasteiger partial charge in [0.05, 0.1) is 11.7 Å². The van der Waals surface area contributed by atoms with Crippen molar-refractivity contribution in [2.24, 2.45) is 5.92 Å². The van der Waals surface area contributed by atoms with Gasteiger partial charge in [0.2, 0.25) is 11.9 Å². The lowest BCUT2D eigenvalue weighted by Gasteiger charge is -2.28. The van der Waals surface area contributed by atoms with Crippen LogP contribution in [0.2, 0.25) is 0 Å². The van der Waals surface area contributed by atoms with Gasteiger partial charge in [-0.05, 0) is 43.4 Å². The molecular weight excluding hydrogens is 331 g/mol. The van der Waals surface area contributed by atoms with Crippen LogP contribution in [0.5, 0.6) is 0 Å². The Labute approximate surface area is 152 Å². The molecule has 1 saturated heterocycles. The maximum absolute atomic E-state index is 13.3. The Kier molecular flexibility index (Phi) is 4.57. The highest BCUT2D eigenvalue weighted by molar-refractivity contribution is 5.80. The summed E-state index contributed by atoms with van der Waals surface area (Å²) in [4.78, 5) is 23.6. The van der Waals surface area contributed by atoms with Crippen molar-refractivity contribution in [2.45, 2.75) is 44.6 Å². The molecule has 5 nitrogen and oxygen atoms in total. The average molecular weight is 354 g/mol. The standard InChI is InChI=1S/C20H23FN4O/c21-15-9-7-13(8-10-15)16-12-23-20(22)24-18(16)17-6-3-11-25(17)19(26)14-4-1-2-5-14/h7-10,12,14,17H,1-6,11H2,(H2,22,23,24)/t17-/m1/s1. The third-order valence-electron chi connectivity index (χ3n) is 5.55. The minimum absolute atomic E-state index is 0.0894. The average Bonchev–Trinajstić information content (AvgIpc) is 3.34. The Morgan fingerprint density at radius 3 is 2.58 bits per heavy atom. The first kappa shape index (κ1) is 16.9. The summed E-state index contributed by atoms with van der Waals surface area (Å²) in [5, 5.41) is 0. The smallest absolute Gasteiger partial charge is 0.226 e. The Bertz CT molecular complexity index is 802. The number of likely N-dealkylation sites (tertiary alicyclic amines) is 1. The molecule has 2 aliphatic rings. The quantitative estimate of drug-likeness (QED) is 0.912. The molecule has 0 bridgehead atoms. The second-order valence-electron chi connectivity index (χ2n) is 7.21. The monoisotopic (exact) mass is 354 g/mol. The van der Waals surface area contributed by atoms with Crippen LogP contribution in [0.15, 0.2) is 30.5 Å². The molecule has 2 fully saturated rings. The molecule has 136 valence electrons. The Hall–Kier alpha value is -2.50. The highest BCUT2D eigenvalue weighted by Crippen LogP contribution is 2.39. The summed E-state index contributed by atoms with van der Waals surface area (Å²) in [6.45, 7) is 0.757. The molecule has 2 heterocycles. The van der Waals surface area contributed by atoms with Gasteiger partial charge in [-0.1, -0.05) is 25.0 Å². The number of carbonyl (C=O) groups is 1. The van der Waals surface area contributed by atoms with Crippen LogP contribution < -0.4 is 5.73 Å². The van der Waals surface area contributed by atoms with Crippen molar-refractivity contribution in [1.82, 2.24) is 14.9 Å². The van der Waals surface area contributed by atoms with Crippen LogP contribution in [-0.4, -0.2) is 27.3 Å². The number of nitrogens with zero attached hydrogens (tertiary/aromatic N) is 3. The minimum Gasteiger partial charge on any atom is -0.368 e. The van der Waals surface area contributed by atoms with Crippen LogP contribution in [0, 0.1) is 11.7 Å². The zero-order valence-corrected chi connectivity index (χ0v) is 14.7. The fourth-order valence-electron chi connectivity index (χ4n) is 4.24. The van der Waals surface area contributed by atoms with Crippen molar-refractivity contribution in [3.05, 3.63) is 42.0 Å². The molecule has 1 aliphatic carbocycles. The van der Waals surface area contributed by atoms with E-state index in [1.54, 1.807) is 18.3 Å². The van der Waals surface area contributed by atoms with Gasteiger partial charge in [0.25, 0.3) is 0 Å². The summed E-state index contributed by atoms with van der Waals surface area (Å²) in [5.41, 5.74) is 8.28. The predicted octanol–water partition coefficient (Wildman–Crippen LogP) is 3.72. The fourth-order valence-corrected chi connectivity index (χ4v) is 4.24. The van der Waals surface area contributed by atoms with E-state index < -0.39 is 0 Å². The first-order chi connectivity index (χ1) is 12.6. The molecular formula is C20H23FN4O. The number of nitrogens with two attached hydrogens (primary N) is 1. The minimum atomic E-state index is -0.287. The lowest BCUT2D eigenvalue weighted by molar-refractivity contribution is -0.136. The van der Waals surface area contributed by atoms with E-state index in [0.717, 1.165) is 61.9 Å². The van der Waals surface area contributed by atoms with Crippen LogP contribution in [-0.2, 0) is 4.79 Å². The Morgan fingerprint density at radius 2 is 1.85 bits per heavy atom. The zero-order valence-electron chi connectivity index (χ0n) is 14.7. The fraction of sp³-hybridized carbons (Fsp3) is 0.450. The lowest BCUT2D eigenvalue weighted by Crippen LogP contribution is -2.35. The van der Waals surface area contributed by atoms with Gasteiger partial charge in [0, 0.05) is 24.2 Å². The number of carbonyl (C=O) groups excluding carboxylic acids is 1. The number of hydrogen-bond acceptors (Lipinski definition) is 4. The summed E-state index contributed by atoms with van der Waals surface area (Å²) in [6.07, 6.45) is 7.74. The number of nitrogen functional groups attached to an aromatic ring is 1. The second-order valence-corrected chi connectivity index (χ2v) is 7.21. The largest absolute Gasteiger partial charge is 0.368 e. The highest BCUT2D eigenvalue weighted by atomic mass is 19.1. The highest BCUT2D eigenvalue weighted by Gasteiger charge is 2.36. The third kappa shape index (κ3) is 3.16. The van der Waals surface area contributed by atoms with Crippen molar-refractivity contribution in [3.8, 4) is 11.1 Å². The number of halogens is 1. The molecule has 2 N–H and O–H groups in total. The van der Waals surface area contributed by atoms with Gasteiger partial charge in [-0.15, -0.1) is 0 Å². The van der Waals surface area contributed by atoms with Crippen molar-refractivity contribution < 1.29 is 9.18 Å². The van der Waals surface area contributed by atoms with Crippen LogP contribution in [0.3, 0.4) is 0 Å². The van der Waals surface area contributed by atoms with Gasteiger partial charge >= 0.3 is 0 Å². The van der Waals surface area contributed by atoms with E-state index >= 15 is 0 Å². The SMILES string of the molecule is Nc1ncc(-c2ccc(F)cc2)c([C@H]2CCCN2C(=O)C2CCCC2)n1. The van der Waals surface area contributed by atoms with Crippen molar-refractivity contribution in [3.63, 3.8) is 0 Å². The molecule has 0 unspecified atom stereocenters. The third-order valence-corrected chi connectivity index (χ3v) is 5.55. The molecule has 1 saturated carbocycles. The molecule has 1 aromatic heterocycles. The molecule has 0 spiro atoms. The van der Waals surface area contributed by atoms with Crippen molar-refractivity contribution in [1.29, 1.82) is 0 Å². The maximum Gasteiger partial charge on any atom is 0.226 e. The zero-order chi connectivity index (χ0) is 18.1. The van der Waals surface area contributed by atoms with Gasteiger partial charge in [0.15, 0.2) is 0 Å². The number of aromatic nitrogens is 2. The van der Waals surface area contributed by atoms with Gasteiger partial charge in [-0.25, -0.2) is 14.4 Å². The first-order valence-corrected chi connectivity index (χ1v) is 9.32. The number of hydrogen-bond donors (Lipinski definition) is 1. The Balaban J connectivity index is 1.70. The van der Waals surface area contributed by atoms with Crippen LogP contribution in [0.1, 0.15) is 50.3 Å². The van der Waals surface area contributed by atoms with E-state index in [0.29, 0.717) is 0 Å². The van der Waals surface area contributed by atoms with Crippen LogP contribution >= 0.6 is 0 Å². The molecule has 4 rings (SSSR count). The lowest BCUT2D eigenvalue weighted by atomic mass is 9.98. The summed E-state index contributed by atoms with van der Waals surface area (Å²) in [7, 11) is 0. The summed E-state index contributed by atoms with van der Waals surface area (Å²) in [5.74, 6) is 0.299. The van der Waals surface area contributed by atoms with Crippen LogP contribution in [0.25, 0.3) is 11.1 Å². The van der Waals surface area contributed by atoms with Gasteiger partial charge in [-0.2, -0.15) is 0 Å². The van der Waals surface area contributed by atoms with E-state index in [-0.39, 0.29) is 29.6 Å². The molecule has 6 heteroatoms. The van der Waals surface area contributed by atoms with E-state index in [2.05, 4.69) is 9.97 Å². The molecule has 1 aromatic carbocycles. The summed E-state index contributed by atoms with van der Waals surface area (Å²) in [6, 6.07) is 6.18. The number of anilines is 1. The van der Waals surface area contributed by atoms with Gasteiger partial charge in [0.1, 0.15) is 5.82 Å². The first-order valence-electron chi connectivity index (χ1n) is 9.32. The van der Waals surface area contributed by atoms with Crippen LogP contribution in [0.4, 0.5) is 10.3 Å². The molecule has 26 heavy (non-hydrogen) atoms. The predicted molar refractivity (Wildman–Crippen MR) is 97.5 cm³/mol. The number of amides is 1. The van der Waals surface area contributed by atoms with Crippen molar-refractivity contribution >= 4 is 11.9 Å². The second kappa shape index (κ2) is 7.02.